The van der Waals surface area contributed by atoms with Crippen molar-refractivity contribution in [3.63, 3.8) is 0 Å². The Morgan fingerprint density at radius 2 is 1.50 bits per heavy atom. The summed E-state index contributed by atoms with van der Waals surface area (Å²) in [7, 11) is 1.27. The Morgan fingerprint density at radius 3 is 1.86 bits per heavy atom. The lowest BCUT2D eigenvalue weighted by molar-refractivity contribution is 0.00578. The second-order valence-corrected chi connectivity index (χ2v) is 4.95. The fourth-order valence-electron chi connectivity index (χ4n) is 1.17. The molecule has 1 heterocycles. The molecule has 1 aliphatic heterocycles. The molecule has 1 aliphatic rings. The van der Waals surface area contributed by atoms with Crippen molar-refractivity contribution < 1.29 is 14.0 Å². The molecule has 1 rings (SSSR count). The lowest BCUT2D eigenvalue weighted by Gasteiger charge is -2.32. The summed E-state index contributed by atoms with van der Waals surface area (Å²) in [6.45, 7) is 12.0. The van der Waals surface area contributed by atoms with Crippen LogP contribution in [0, 0.1) is 0 Å². The molecule has 14 heavy (non-hydrogen) atoms. The molecule has 0 spiro atoms. The van der Waals surface area contributed by atoms with E-state index in [0.29, 0.717) is 0 Å². The van der Waals surface area contributed by atoms with Gasteiger partial charge in [0.1, 0.15) is 0 Å². The lowest BCUT2D eigenvalue weighted by Crippen LogP contribution is -2.41. The van der Waals surface area contributed by atoms with Crippen molar-refractivity contribution in [3.8, 4) is 0 Å². The van der Waals surface area contributed by atoms with E-state index in [0.717, 1.165) is 0 Å². The van der Waals surface area contributed by atoms with Gasteiger partial charge in [-0.15, -0.1) is 0 Å². The van der Waals surface area contributed by atoms with Crippen LogP contribution in [0.15, 0.2) is 0 Å². The third-order valence-electron chi connectivity index (χ3n) is 2.73. The molecule has 0 N–H and O–H groups in total. The van der Waals surface area contributed by atoms with Crippen molar-refractivity contribution in [1.82, 2.24) is 0 Å². The molecule has 3 nitrogen and oxygen atoms in total. The van der Waals surface area contributed by atoms with E-state index in [2.05, 4.69) is 0 Å². The van der Waals surface area contributed by atoms with Crippen LogP contribution in [0.25, 0.3) is 0 Å². The zero-order valence-corrected chi connectivity index (χ0v) is 9.96. The monoisotopic (exact) mass is 197 g/mol. The van der Waals surface area contributed by atoms with Crippen molar-refractivity contribution in [3.05, 3.63) is 0 Å². The summed E-state index contributed by atoms with van der Waals surface area (Å²) in [6, 6.07) is 0. The summed E-state index contributed by atoms with van der Waals surface area (Å²) in [6.07, 6.45) is 0.161. The maximum atomic E-state index is 5.71. The highest BCUT2D eigenvalue weighted by atomic mass is 16.7. The number of rotatable bonds is 3. The van der Waals surface area contributed by atoms with Gasteiger partial charge in [0.15, 0.2) is 0 Å². The van der Waals surface area contributed by atoms with Crippen molar-refractivity contribution in [2.45, 2.75) is 58.8 Å². The largest absolute Gasteiger partial charge is 0.441 e. The molecule has 0 bridgehead atoms. The Balaban J connectivity index is 2.47. The summed E-state index contributed by atoms with van der Waals surface area (Å²) in [4.78, 5) is 0. The highest BCUT2D eigenvalue weighted by Gasteiger charge is 2.51. The molecule has 0 saturated carbocycles. The fraction of sp³-hybridized carbons (Fsp3) is 1.00. The van der Waals surface area contributed by atoms with Crippen LogP contribution in [0.3, 0.4) is 0 Å². The molecule has 0 atom stereocenters. The van der Waals surface area contributed by atoms with Crippen molar-refractivity contribution in [1.29, 1.82) is 0 Å². The predicted molar refractivity (Wildman–Crippen MR) is 58.1 cm³/mol. The van der Waals surface area contributed by atoms with E-state index in [1.807, 2.05) is 41.5 Å². The van der Waals surface area contributed by atoms with Crippen molar-refractivity contribution in [2.24, 2.45) is 0 Å². The third-order valence-corrected chi connectivity index (χ3v) is 2.73. The topological polar surface area (TPSA) is 27.7 Å². The smallest absolute Gasteiger partial charge is 0.439 e. The first-order chi connectivity index (χ1) is 6.24. The Kier molecular flexibility index (Phi) is 3.34. The van der Waals surface area contributed by atoms with Gasteiger partial charge in [-0.3, -0.25) is 0 Å². The van der Waals surface area contributed by atoms with Crippen molar-refractivity contribution in [2.75, 3.05) is 0 Å². The van der Waals surface area contributed by atoms with Gasteiger partial charge >= 0.3 is 14.4 Å². The van der Waals surface area contributed by atoms with Crippen LogP contribution in [0.1, 0.15) is 41.5 Å². The van der Waals surface area contributed by atoms with Gasteiger partial charge in [-0.1, -0.05) is 0 Å². The van der Waals surface area contributed by atoms with Gasteiger partial charge in [-0.25, -0.2) is 0 Å². The normalized spacial score (nSPS) is 24.4. The van der Waals surface area contributed by atoms with Gasteiger partial charge in [0, 0.05) is 6.10 Å². The molecule has 79 valence electrons. The Morgan fingerprint density at radius 1 is 1.07 bits per heavy atom. The SMILES string of the molecule is CC(C)O[B]B1OC(C)(C)C(C)(C)O1. The second kappa shape index (κ2) is 3.87. The van der Waals surface area contributed by atoms with E-state index in [4.69, 9.17) is 14.0 Å². The zero-order valence-electron chi connectivity index (χ0n) is 9.96. The summed E-state index contributed by atoms with van der Waals surface area (Å²) >= 11 is 0. The van der Waals surface area contributed by atoms with E-state index >= 15 is 0 Å². The molecular weight excluding hydrogens is 178 g/mol. The molecule has 0 aromatic carbocycles. The molecule has 1 radical (unpaired) electrons. The fourth-order valence-corrected chi connectivity index (χ4v) is 1.17. The number of hydrogen-bond acceptors (Lipinski definition) is 3. The van der Waals surface area contributed by atoms with Crippen molar-refractivity contribution >= 4 is 14.4 Å². The molecular formula is C9H19B2O3. The van der Waals surface area contributed by atoms with Gasteiger partial charge in [0.05, 0.1) is 11.2 Å². The van der Waals surface area contributed by atoms with Gasteiger partial charge in [-0.05, 0) is 41.5 Å². The van der Waals surface area contributed by atoms with E-state index in [1.165, 1.54) is 0 Å². The summed E-state index contributed by atoms with van der Waals surface area (Å²) in [5.41, 5.74) is -0.566. The molecule has 5 heteroatoms. The van der Waals surface area contributed by atoms with Gasteiger partial charge in [0.2, 0.25) is 0 Å². The highest BCUT2D eigenvalue weighted by molar-refractivity contribution is 7.03. The first-order valence-corrected chi connectivity index (χ1v) is 5.09. The average Bonchev–Trinajstić information content (AvgIpc) is 2.17. The van der Waals surface area contributed by atoms with Crippen LogP contribution >= 0.6 is 0 Å². The van der Waals surface area contributed by atoms with Crippen LogP contribution in [0.5, 0.6) is 0 Å². The van der Waals surface area contributed by atoms with Crippen LogP contribution in [-0.4, -0.2) is 31.7 Å². The quantitative estimate of drug-likeness (QED) is 0.643. The molecule has 0 aromatic rings. The standard InChI is InChI=1S/C9H19B2O3/c1-7(2)12-10-11-13-8(3,4)9(5,6)14-11/h7H,1-6H3. The highest BCUT2D eigenvalue weighted by Crippen LogP contribution is 2.36. The van der Waals surface area contributed by atoms with Gasteiger partial charge in [-0.2, -0.15) is 0 Å². The van der Waals surface area contributed by atoms with E-state index in [9.17, 15) is 0 Å². The van der Waals surface area contributed by atoms with Gasteiger partial charge in [0.25, 0.3) is 0 Å². The van der Waals surface area contributed by atoms with Crippen LogP contribution in [0.4, 0.5) is 0 Å². The Bertz CT molecular complexity index is 188. The molecule has 1 saturated heterocycles. The molecule has 0 aliphatic carbocycles. The third kappa shape index (κ3) is 2.53. The maximum Gasteiger partial charge on any atom is 0.439 e. The molecule has 0 amide bonds. The minimum Gasteiger partial charge on any atom is -0.441 e. The van der Waals surface area contributed by atoms with E-state index in [-0.39, 0.29) is 24.3 Å². The first-order valence-electron chi connectivity index (χ1n) is 5.09. The molecule has 0 unspecified atom stereocenters. The minimum absolute atomic E-state index is 0.161. The van der Waals surface area contributed by atoms with Crippen LogP contribution in [-0.2, 0) is 14.0 Å². The van der Waals surface area contributed by atoms with Gasteiger partial charge < -0.3 is 14.0 Å². The second-order valence-electron chi connectivity index (χ2n) is 4.95. The molecule has 1 fully saturated rings. The molecule has 0 aromatic heterocycles. The van der Waals surface area contributed by atoms with Crippen LogP contribution < -0.4 is 0 Å². The summed E-state index contributed by atoms with van der Waals surface area (Å²) < 4.78 is 16.8. The summed E-state index contributed by atoms with van der Waals surface area (Å²) in [5.74, 6) is 0. The van der Waals surface area contributed by atoms with Crippen LogP contribution in [0.2, 0.25) is 0 Å². The van der Waals surface area contributed by atoms with E-state index in [1.54, 1.807) is 7.37 Å². The van der Waals surface area contributed by atoms with E-state index < -0.39 is 0 Å². The summed E-state index contributed by atoms with van der Waals surface area (Å²) in [5, 5.41) is 0. The lowest BCUT2D eigenvalue weighted by atomic mass is 9.56. The first kappa shape index (κ1) is 12.1. The Hall–Kier alpha value is 0.00987. The average molecular weight is 197 g/mol. The Labute approximate surface area is 87.9 Å². The minimum atomic E-state index is -0.359. The predicted octanol–water partition coefficient (Wildman–Crippen LogP) is 1.62. The maximum absolute atomic E-state index is 5.71. The zero-order chi connectivity index (χ0) is 11.0. The number of hydrogen-bond donors (Lipinski definition) is 0.